The third-order valence-electron chi connectivity index (χ3n) is 2.80. The molecular weight excluding hydrogens is 370 g/mol. The van der Waals surface area contributed by atoms with Gasteiger partial charge in [-0.15, -0.1) is 0 Å². The Morgan fingerprint density at radius 1 is 1.26 bits per heavy atom. The maximum Gasteiger partial charge on any atom is 0.407 e. The molecule has 1 amide bonds. The first kappa shape index (κ1) is 19.8. The van der Waals surface area contributed by atoms with Crippen LogP contribution in [-0.2, 0) is 11.3 Å². The molecule has 130 valence electrons. The second-order valence-corrected chi connectivity index (χ2v) is 7.26. The number of hydrogen-bond acceptors (Lipinski definition) is 3. The van der Waals surface area contributed by atoms with Crippen LogP contribution in [0.2, 0.25) is 0 Å². The Morgan fingerprint density at radius 2 is 1.91 bits per heavy atom. The van der Waals surface area contributed by atoms with E-state index in [1.54, 1.807) is 20.8 Å². The first-order chi connectivity index (χ1) is 10.5. The maximum atomic E-state index is 13.7. The number of aryl methyl sites for hydroxylation is 1. The lowest BCUT2D eigenvalue weighted by Crippen LogP contribution is -2.44. The van der Waals surface area contributed by atoms with E-state index >= 15 is 0 Å². The van der Waals surface area contributed by atoms with Crippen molar-refractivity contribution in [3.05, 3.63) is 33.8 Å². The maximum absolute atomic E-state index is 13.7. The fraction of sp³-hybridized carbons (Fsp3) is 0.562. The van der Waals surface area contributed by atoms with Crippen LogP contribution in [-0.4, -0.2) is 30.7 Å². The van der Waals surface area contributed by atoms with E-state index in [1.807, 2.05) is 25.1 Å². The molecule has 0 fully saturated rings. The Labute approximate surface area is 144 Å². The number of carbonyl (C=O) groups excluding carboxylic acids is 1. The molecule has 0 heterocycles. The summed E-state index contributed by atoms with van der Waals surface area (Å²) in [4.78, 5) is 11.4. The molecule has 1 rings (SSSR count). The summed E-state index contributed by atoms with van der Waals surface area (Å²) in [6, 6.07) is 5.73. The van der Waals surface area contributed by atoms with Crippen molar-refractivity contribution in [2.24, 2.45) is 0 Å². The van der Waals surface area contributed by atoms with Gasteiger partial charge in [-0.05, 0) is 44.9 Å². The SMILES string of the molecule is Cc1ccc(CNCC(F)(F)CNC(=O)OC(C)(C)C)c(Br)c1. The number of carbonyl (C=O) groups is 1. The van der Waals surface area contributed by atoms with Crippen LogP contribution in [0.5, 0.6) is 0 Å². The first-order valence-electron chi connectivity index (χ1n) is 7.29. The standard InChI is InChI=1S/C16H23BrF2N2O2/c1-11-5-6-12(13(17)7-11)8-20-9-16(18,19)10-21-14(22)23-15(2,3)4/h5-7,20H,8-10H2,1-4H3,(H,21,22). The van der Waals surface area contributed by atoms with Gasteiger partial charge in [-0.1, -0.05) is 28.1 Å². The highest BCUT2D eigenvalue weighted by molar-refractivity contribution is 9.10. The number of alkyl carbamates (subject to hydrolysis) is 1. The zero-order valence-corrected chi connectivity index (χ0v) is 15.4. The van der Waals surface area contributed by atoms with E-state index in [-0.39, 0.29) is 0 Å². The highest BCUT2D eigenvalue weighted by Gasteiger charge is 2.30. The zero-order valence-electron chi connectivity index (χ0n) is 13.8. The van der Waals surface area contributed by atoms with Gasteiger partial charge >= 0.3 is 6.09 Å². The van der Waals surface area contributed by atoms with Crippen LogP contribution in [0.4, 0.5) is 13.6 Å². The molecule has 0 bridgehead atoms. The van der Waals surface area contributed by atoms with Gasteiger partial charge in [0.15, 0.2) is 0 Å². The molecule has 0 aliphatic carbocycles. The Morgan fingerprint density at radius 3 is 2.48 bits per heavy atom. The smallest absolute Gasteiger partial charge is 0.407 e. The number of ether oxygens (including phenoxy) is 1. The molecule has 0 unspecified atom stereocenters. The molecule has 0 aromatic heterocycles. The summed E-state index contributed by atoms with van der Waals surface area (Å²) in [5, 5.41) is 4.79. The van der Waals surface area contributed by atoms with Gasteiger partial charge in [-0.3, -0.25) is 0 Å². The van der Waals surface area contributed by atoms with Crippen LogP contribution in [0.25, 0.3) is 0 Å². The van der Waals surface area contributed by atoms with Crippen LogP contribution < -0.4 is 10.6 Å². The van der Waals surface area contributed by atoms with Crippen molar-refractivity contribution >= 4 is 22.0 Å². The molecule has 1 aromatic carbocycles. The summed E-state index contributed by atoms with van der Waals surface area (Å²) < 4.78 is 33.3. The molecule has 0 saturated heterocycles. The number of nitrogens with one attached hydrogen (secondary N) is 2. The molecule has 0 aliphatic rings. The average molecular weight is 393 g/mol. The summed E-state index contributed by atoms with van der Waals surface area (Å²) in [6.07, 6.45) is -0.849. The van der Waals surface area contributed by atoms with Gasteiger partial charge in [0.25, 0.3) is 5.92 Å². The van der Waals surface area contributed by atoms with Crippen LogP contribution >= 0.6 is 15.9 Å². The van der Waals surface area contributed by atoms with Crippen LogP contribution in [0, 0.1) is 6.92 Å². The van der Waals surface area contributed by atoms with Gasteiger partial charge in [0.2, 0.25) is 0 Å². The largest absolute Gasteiger partial charge is 0.444 e. The van der Waals surface area contributed by atoms with Crippen LogP contribution in [0.3, 0.4) is 0 Å². The number of halogens is 3. The fourth-order valence-corrected chi connectivity index (χ4v) is 2.39. The molecule has 23 heavy (non-hydrogen) atoms. The van der Waals surface area contributed by atoms with Gasteiger partial charge in [-0.25, -0.2) is 13.6 Å². The minimum absolute atomic E-state index is 0.308. The molecule has 4 nitrogen and oxygen atoms in total. The van der Waals surface area contributed by atoms with Crippen molar-refractivity contribution in [3.63, 3.8) is 0 Å². The molecule has 0 spiro atoms. The second kappa shape index (κ2) is 8.06. The molecular formula is C16H23BrF2N2O2. The van der Waals surface area contributed by atoms with Crippen LogP contribution in [0.1, 0.15) is 31.9 Å². The molecule has 0 atom stereocenters. The zero-order chi connectivity index (χ0) is 17.7. The van der Waals surface area contributed by atoms with Crippen molar-refractivity contribution in [3.8, 4) is 0 Å². The molecule has 0 radical (unpaired) electrons. The lowest BCUT2D eigenvalue weighted by Gasteiger charge is -2.22. The van der Waals surface area contributed by atoms with Gasteiger partial charge in [-0.2, -0.15) is 0 Å². The predicted molar refractivity (Wildman–Crippen MR) is 89.8 cm³/mol. The van der Waals surface area contributed by atoms with Gasteiger partial charge < -0.3 is 15.4 Å². The highest BCUT2D eigenvalue weighted by atomic mass is 79.9. The van der Waals surface area contributed by atoms with E-state index in [2.05, 4.69) is 26.6 Å². The minimum Gasteiger partial charge on any atom is -0.444 e. The third-order valence-corrected chi connectivity index (χ3v) is 3.54. The van der Waals surface area contributed by atoms with Crippen molar-refractivity contribution in [2.45, 2.75) is 45.8 Å². The topological polar surface area (TPSA) is 50.4 Å². The van der Waals surface area contributed by atoms with E-state index in [1.165, 1.54) is 0 Å². The summed E-state index contributed by atoms with van der Waals surface area (Å²) in [6.45, 7) is 5.97. The lowest BCUT2D eigenvalue weighted by molar-refractivity contribution is -0.00377. The number of rotatable bonds is 6. The highest BCUT2D eigenvalue weighted by Crippen LogP contribution is 2.19. The fourth-order valence-electron chi connectivity index (χ4n) is 1.75. The minimum atomic E-state index is -3.06. The Bertz CT molecular complexity index is 545. The van der Waals surface area contributed by atoms with Gasteiger partial charge in [0.1, 0.15) is 5.60 Å². The number of benzene rings is 1. The van der Waals surface area contributed by atoms with Gasteiger partial charge in [0, 0.05) is 11.0 Å². The lowest BCUT2D eigenvalue weighted by atomic mass is 10.1. The molecule has 0 aliphatic heterocycles. The quantitative estimate of drug-likeness (QED) is 0.768. The van der Waals surface area contributed by atoms with E-state index in [0.29, 0.717) is 6.54 Å². The Hall–Kier alpha value is -1.21. The number of hydrogen-bond donors (Lipinski definition) is 2. The summed E-state index contributed by atoms with van der Waals surface area (Å²) >= 11 is 3.40. The normalized spacial score (nSPS) is 12.1. The molecule has 1 aromatic rings. The van der Waals surface area contributed by atoms with Gasteiger partial charge in [0.05, 0.1) is 13.1 Å². The third kappa shape index (κ3) is 8.27. The summed E-state index contributed by atoms with van der Waals surface area (Å²) in [5.41, 5.74) is 1.27. The van der Waals surface area contributed by atoms with E-state index in [9.17, 15) is 13.6 Å². The first-order valence-corrected chi connectivity index (χ1v) is 8.08. The monoisotopic (exact) mass is 392 g/mol. The number of alkyl halides is 2. The van der Waals surface area contributed by atoms with Crippen molar-refractivity contribution in [2.75, 3.05) is 13.1 Å². The summed E-state index contributed by atoms with van der Waals surface area (Å²) in [5.74, 6) is -3.06. The Kier molecular flexibility index (Phi) is 6.95. The van der Waals surface area contributed by atoms with E-state index < -0.39 is 30.7 Å². The van der Waals surface area contributed by atoms with E-state index in [0.717, 1.165) is 15.6 Å². The number of amides is 1. The summed E-state index contributed by atoms with van der Waals surface area (Å²) in [7, 11) is 0. The van der Waals surface area contributed by atoms with E-state index in [4.69, 9.17) is 4.74 Å². The van der Waals surface area contributed by atoms with Crippen molar-refractivity contribution in [1.29, 1.82) is 0 Å². The molecule has 7 heteroatoms. The average Bonchev–Trinajstić information content (AvgIpc) is 2.37. The molecule has 0 saturated carbocycles. The Balaban J connectivity index is 2.39. The van der Waals surface area contributed by atoms with Crippen molar-refractivity contribution in [1.82, 2.24) is 10.6 Å². The van der Waals surface area contributed by atoms with Crippen LogP contribution in [0.15, 0.2) is 22.7 Å². The second-order valence-electron chi connectivity index (χ2n) is 6.41. The van der Waals surface area contributed by atoms with Crippen molar-refractivity contribution < 1.29 is 18.3 Å². The predicted octanol–water partition coefficient (Wildman–Crippen LogP) is 4.01. The molecule has 2 N–H and O–H groups in total.